The summed E-state index contributed by atoms with van der Waals surface area (Å²) in [6.07, 6.45) is 0. The standard InChI is InChI=1S/C43H27N3O/c1-4-13-29(14-5-1)36-27-37(30-15-6-2-7-16-30)46-43(45-36)32-25-23-28(24-26-32)33-20-12-21-35-39(33)42-40(34-19-10-11-22-38(34)47-42)41(44-35)31-17-8-3-9-18-31/h1-27H. The van der Waals surface area contributed by atoms with Crippen LogP contribution in [0.15, 0.2) is 168 Å². The fourth-order valence-corrected chi connectivity index (χ4v) is 6.44. The molecule has 0 radical (unpaired) electrons. The first-order valence-electron chi connectivity index (χ1n) is 15.7. The van der Waals surface area contributed by atoms with E-state index in [1.54, 1.807) is 0 Å². The highest BCUT2D eigenvalue weighted by Crippen LogP contribution is 2.42. The Bertz CT molecular complexity index is 2480. The second-order valence-electron chi connectivity index (χ2n) is 11.6. The predicted octanol–water partition coefficient (Wildman–Crippen LogP) is 11.3. The highest BCUT2D eigenvalue weighted by molar-refractivity contribution is 6.22. The number of aromatic nitrogens is 3. The maximum atomic E-state index is 6.63. The lowest BCUT2D eigenvalue weighted by Gasteiger charge is -2.12. The van der Waals surface area contributed by atoms with E-state index in [4.69, 9.17) is 19.4 Å². The van der Waals surface area contributed by atoms with Gasteiger partial charge in [-0.1, -0.05) is 146 Å². The number of rotatable bonds is 5. The molecule has 0 unspecified atom stereocenters. The molecule has 220 valence electrons. The molecule has 3 aromatic heterocycles. The van der Waals surface area contributed by atoms with Crippen molar-refractivity contribution in [3.63, 3.8) is 0 Å². The van der Waals surface area contributed by atoms with Crippen LogP contribution in [0.2, 0.25) is 0 Å². The minimum atomic E-state index is 0.684. The number of fused-ring (bicyclic) bond motifs is 5. The Morgan fingerprint density at radius 2 is 0.979 bits per heavy atom. The fraction of sp³-hybridized carbons (Fsp3) is 0. The number of hydrogen-bond donors (Lipinski definition) is 0. The fourth-order valence-electron chi connectivity index (χ4n) is 6.44. The van der Waals surface area contributed by atoms with Crippen molar-refractivity contribution in [3.8, 4) is 56.3 Å². The molecule has 0 fully saturated rings. The summed E-state index contributed by atoms with van der Waals surface area (Å²) in [5.41, 5.74) is 11.5. The van der Waals surface area contributed by atoms with Gasteiger partial charge in [0.25, 0.3) is 0 Å². The SMILES string of the molecule is c1ccc(-c2cc(-c3ccccc3)nc(-c3ccc(-c4cccc5nc(-c6ccccc6)c6c7ccccc7oc6c45)cc3)n2)cc1. The van der Waals surface area contributed by atoms with Crippen molar-refractivity contribution in [1.29, 1.82) is 0 Å². The highest BCUT2D eigenvalue weighted by Gasteiger charge is 2.20. The van der Waals surface area contributed by atoms with E-state index in [0.29, 0.717) is 5.82 Å². The quantitative estimate of drug-likeness (QED) is 0.197. The molecule has 4 nitrogen and oxygen atoms in total. The molecule has 47 heavy (non-hydrogen) atoms. The molecule has 0 spiro atoms. The van der Waals surface area contributed by atoms with Gasteiger partial charge in [-0.3, -0.25) is 0 Å². The van der Waals surface area contributed by atoms with Crippen LogP contribution in [0, 0.1) is 0 Å². The van der Waals surface area contributed by atoms with Gasteiger partial charge in [-0.15, -0.1) is 0 Å². The smallest absolute Gasteiger partial charge is 0.160 e. The molecule has 0 aliphatic heterocycles. The third-order valence-electron chi connectivity index (χ3n) is 8.70. The van der Waals surface area contributed by atoms with Crippen molar-refractivity contribution in [2.24, 2.45) is 0 Å². The van der Waals surface area contributed by atoms with Gasteiger partial charge in [0.2, 0.25) is 0 Å². The van der Waals surface area contributed by atoms with Gasteiger partial charge in [0.1, 0.15) is 11.2 Å². The van der Waals surface area contributed by atoms with Gasteiger partial charge in [0, 0.05) is 27.6 Å². The molecule has 6 aromatic carbocycles. The van der Waals surface area contributed by atoms with Gasteiger partial charge in [0.15, 0.2) is 5.82 Å². The topological polar surface area (TPSA) is 51.8 Å². The number of furan rings is 1. The molecule has 9 rings (SSSR count). The van der Waals surface area contributed by atoms with Crippen LogP contribution >= 0.6 is 0 Å². The van der Waals surface area contributed by atoms with E-state index in [1.807, 2.05) is 54.6 Å². The van der Waals surface area contributed by atoms with E-state index in [0.717, 1.165) is 83.3 Å². The van der Waals surface area contributed by atoms with E-state index >= 15 is 0 Å². The molecule has 0 bridgehead atoms. The maximum Gasteiger partial charge on any atom is 0.160 e. The van der Waals surface area contributed by atoms with Crippen LogP contribution in [0.4, 0.5) is 0 Å². The largest absolute Gasteiger partial charge is 0.455 e. The van der Waals surface area contributed by atoms with Crippen molar-refractivity contribution in [1.82, 2.24) is 15.0 Å². The van der Waals surface area contributed by atoms with Crippen molar-refractivity contribution < 1.29 is 4.42 Å². The third kappa shape index (κ3) is 4.75. The molecule has 9 aromatic rings. The predicted molar refractivity (Wildman–Crippen MR) is 192 cm³/mol. The van der Waals surface area contributed by atoms with Crippen LogP contribution in [-0.2, 0) is 0 Å². The molecular weight excluding hydrogens is 574 g/mol. The maximum absolute atomic E-state index is 6.63. The molecule has 3 heterocycles. The first-order valence-corrected chi connectivity index (χ1v) is 15.7. The van der Waals surface area contributed by atoms with Crippen molar-refractivity contribution >= 4 is 32.8 Å². The number of benzene rings is 6. The Balaban J connectivity index is 1.21. The minimum absolute atomic E-state index is 0.684. The average molecular weight is 602 g/mol. The van der Waals surface area contributed by atoms with E-state index in [9.17, 15) is 0 Å². The van der Waals surface area contributed by atoms with Gasteiger partial charge in [-0.2, -0.15) is 0 Å². The Morgan fingerprint density at radius 3 is 1.64 bits per heavy atom. The van der Waals surface area contributed by atoms with Crippen LogP contribution in [0.5, 0.6) is 0 Å². The first kappa shape index (κ1) is 27.0. The zero-order chi connectivity index (χ0) is 31.2. The lowest BCUT2D eigenvalue weighted by atomic mass is 9.96. The summed E-state index contributed by atoms with van der Waals surface area (Å²) in [7, 11) is 0. The van der Waals surface area contributed by atoms with Crippen LogP contribution in [-0.4, -0.2) is 15.0 Å². The summed E-state index contributed by atoms with van der Waals surface area (Å²) < 4.78 is 6.63. The summed E-state index contributed by atoms with van der Waals surface area (Å²) in [6.45, 7) is 0. The van der Waals surface area contributed by atoms with Crippen LogP contribution in [0.1, 0.15) is 0 Å². The summed E-state index contributed by atoms with van der Waals surface area (Å²) >= 11 is 0. The Kier molecular flexibility index (Phi) is 6.43. The molecule has 0 aliphatic carbocycles. The molecule has 0 saturated heterocycles. The molecule has 0 atom stereocenters. The summed E-state index contributed by atoms with van der Waals surface area (Å²) in [6, 6.07) is 55.9. The second-order valence-corrected chi connectivity index (χ2v) is 11.6. The Labute approximate surface area is 271 Å². The van der Waals surface area contributed by atoms with Gasteiger partial charge < -0.3 is 4.42 Å². The first-order chi connectivity index (χ1) is 23.3. The summed E-state index contributed by atoms with van der Waals surface area (Å²) in [5, 5.41) is 3.09. The normalized spacial score (nSPS) is 11.4. The van der Waals surface area contributed by atoms with Crippen LogP contribution in [0.25, 0.3) is 89.1 Å². The van der Waals surface area contributed by atoms with E-state index < -0.39 is 0 Å². The molecular formula is C43H27N3O. The Hall–Kier alpha value is -6.39. The van der Waals surface area contributed by atoms with Crippen LogP contribution < -0.4 is 0 Å². The second kappa shape index (κ2) is 11.2. The lowest BCUT2D eigenvalue weighted by Crippen LogP contribution is -1.96. The van der Waals surface area contributed by atoms with Crippen molar-refractivity contribution in [2.45, 2.75) is 0 Å². The van der Waals surface area contributed by atoms with Crippen molar-refractivity contribution in [3.05, 3.63) is 164 Å². The van der Waals surface area contributed by atoms with Gasteiger partial charge in [0.05, 0.1) is 33.4 Å². The zero-order valence-corrected chi connectivity index (χ0v) is 25.3. The average Bonchev–Trinajstić information content (AvgIpc) is 3.55. The van der Waals surface area contributed by atoms with Gasteiger partial charge >= 0.3 is 0 Å². The van der Waals surface area contributed by atoms with Crippen molar-refractivity contribution in [2.75, 3.05) is 0 Å². The van der Waals surface area contributed by atoms with Crippen LogP contribution in [0.3, 0.4) is 0 Å². The van der Waals surface area contributed by atoms with E-state index in [1.165, 1.54) is 0 Å². The van der Waals surface area contributed by atoms with Gasteiger partial charge in [-0.05, 0) is 29.3 Å². The number of pyridine rings is 1. The zero-order valence-electron chi connectivity index (χ0n) is 25.3. The highest BCUT2D eigenvalue weighted by atomic mass is 16.3. The Morgan fingerprint density at radius 1 is 0.404 bits per heavy atom. The van der Waals surface area contributed by atoms with Gasteiger partial charge in [-0.25, -0.2) is 15.0 Å². The summed E-state index contributed by atoms with van der Waals surface area (Å²) in [4.78, 5) is 15.3. The number of para-hydroxylation sites is 1. The number of hydrogen-bond acceptors (Lipinski definition) is 4. The molecule has 0 saturated carbocycles. The lowest BCUT2D eigenvalue weighted by molar-refractivity contribution is 0.672. The minimum Gasteiger partial charge on any atom is -0.455 e. The molecule has 0 N–H and O–H groups in total. The monoisotopic (exact) mass is 601 g/mol. The molecule has 0 amide bonds. The van der Waals surface area contributed by atoms with E-state index in [2.05, 4.69) is 109 Å². The van der Waals surface area contributed by atoms with E-state index in [-0.39, 0.29) is 0 Å². The molecule has 0 aliphatic rings. The third-order valence-corrected chi connectivity index (χ3v) is 8.70. The number of nitrogens with zero attached hydrogens (tertiary/aromatic N) is 3. The molecule has 4 heteroatoms. The summed E-state index contributed by atoms with van der Waals surface area (Å²) in [5.74, 6) is 0.684.